The number of nitrogen functional groups attached to an aromatic ring is 1. The molecule has 0 saturated heterocycles. The number of hydrogen-bond acceptors (Lipinski definition) is 5. The summed E-state index contributed by atoms with van der Waals surface area (Å²) in [5, 5.41) is 0. The second kappa shape index (κ2) is 4.58. The number of nitrogens with two attached hydrogens (primary N) is 2. The van der Waals surface area contributed by atoms with Gasteiger partial charge in [-0.05, 0) is 11.6 Å². The van der Waals surface area contributed by atoms with Crippen molar-refractivity contribution < 1.29 is 4.79 Å². The number of anilines is 1. The highest BCUT2D eigenvalue weighted by molar-refractivity contribution is 5.99. The molecule has 6 nitrogen and oxygen atoms in total. The lowest BCUT2D eigenvalue weighted by Gasteiger charge is -2.06. The van der Waals surface area contributed by atoms with Crippen LogP contribution in [0.25, 0.3) is 11.1 Å². The van der Waals surface area contributed by atoms with Gasteiger partial charge < -0.3 is 5.73 Å². The van der Waals surface area contributed by atoms with Crippen molar-refractivity contribution in [1.29, 1.82) is 0 Å². The van der Waals surface area contributed by atoms with E-state index in [4.69, 9.17) is 11.6 Å². The summed E-state index contributed by atoms with van der Waals surface area (Å²) in [6.45, 7) is 0. The first-order valence-electron chi connectivity index (χ1n) is 4.90. The van der Waals surface area contributed by atoms with Gasteiger partial charge in [0.1, 0.15) is 0 Å². The SMILES string of the molecule is NNc1ncc(-c2ccccc2C(N)=O)cn1. The van der Waals surface area contributed by atoms with Crippen LogP contribution >= 0.6 is 0 Å². The molecule has 17 heavy (non-hydrogen) atoms. The molecule has 0 radical (unpaired) electrons. The van der Waals surface area contributed by atoms with E-state index < -0.39 is 5.91 Å². The molecule has 2 aromatic rings. The highest BCUT2D eigenvalue weighted by Crippen LogP contribution is 2.22. The summed E-state index contributed by atoms with van der Waals surface area (Å²) in [4.78, 5) is 19.2. The maximum Gasteiger partial charge on any atom is 0.249 e. The van der Waals surface area contributed by atoms with E-state index in [1.54, 1.807) is 30.6 Å². The standard InChI is InChI=1S/C11H11N5O/c12-10(17)9-4-2-1-3-8(9)7-5-14-11(16-13)15-6-7/h1-6H,13H2,(H2,12,17)(H,14,15,16). The van der Waals surface area contributed by atoms with E-state index >= 15 is 0 Å². The average molecular weight is 229 g/mol. The van der Waals surface area contributed by atoms with Crippen LogP contribution in [0.5, 0.6) is 0 Å². The van der Waals surface area contributed by atoms with Crippen molar-refractivity contribution in [3.05, 3.63) is 42.2 Å². The van der Waals surface area contributed by atoms with Crippen molar-refractivity contribution in [3.8, 4) is 11.1 Å². The van der Waals surface area contributed by atoms with E-state index in [0.29, 0.717) is 22.6 Å². The molecule has 0 aliphatic carbocycles. The van der Waals surface area contributed by atoms with E-state index in [9.17, 15) is 4.79 Å². The summed E-state index contributed by atoms with van der Waals surface area (Å²) in [5.74, 6) is 4.99. The van der Waals surface area contributed by atoms with Gasteiger partial charge >= 0.3 is 0 Å². The third kappa shape index (κ3) is 2.21. The van der Waals surface area contributed by atoms with Crippen LogP contribution in [0, 0.1) is 0 Å². The number of carbonyl (C=O) groups is 1. The number of hydrogen-bond donors (Lipinski definition) is 3. The number of rotatable bonds is 3. The van der Waals surface area contributed by atoms with Gasteiger partial charge in [-0.3, -0.25) is 10.2 Å². The molecular formula is C11H11N5O. The Hall–Kier alpha value is -2.47. The van der Waals surface area contributed by atoms with Gasteiger partial charge in [0.2, 0.25) is 11.9 Å². The highest BCUT2D eigenvalue weighted by atomic mass is 16.1. The lowest BCUT2D eigenvalue weighted by Crippen LogP contribution is -2.13. The summed E-state index contributed by atoms with van der Waals surface area (Å²) in [7, 11) is 0. The third-order valence-corrected chi connectivity index (χ3v) is 2.28. The van der Waals surface area contributed by atoms with Crippen LogP contribution in [-0.2, 0) is 0 Å². The minimum absolute atomic E-state index is 0.310. The lowest BCUT2D eigenvalue weighted by molar-refractivity contribution is 0.100. The summed E-state index contributed by atoms with van der Waals surface area (Å²) in [6.07, 6.45) is 3.15. The topological polar surface area (TPSA) is 107 Å². The van der Waals surface area contributed by atoms with Crippen molar-refractivity contribution in [2.24, 2.45) is 11.6 Å². The molecule has 5 N–H and O–H groups in total. The number of primary amides is 1. The van der Waals surface area contributed by atoms with Crippen molar-refractivity contribution in [2.45, 2.75) is 0 Å². The Bertz CT molecular complexity index is 538. The van der Waals surface area contributed by atoms with Gasteiger partial charge in [-0.15, -0.1) is 0 Å². The predicted molar refractivity (Wildman–Crippen MR) is 63.8 cm³/mol. The van der Waals surface area contributed by atoms with Crippen molar-refractivity contribution >= 4 is 11.9 Å². The molecule has 0 aliphatic rings. The maximum atomic E-state index is 11.3. The third-order valence-electron chi connectivity index (χ3n) is 2.28. The van der Waals surface area contributed by atoms with Crippen molar-refractivity contribution in [3.63, 3.8) is 0 Å². The first kappa shape index (κ1) is 11.0. The number of nitrogens with zero attached hydrogens (tertiary/aromatic N) is 2. The molecule has 0 unspecified atom stereocenters. The molecule has 0 spiro atoms. The Kier molecular flexibility index (Phi) is 2.97. The van der Waals surface area contributed by atoms with E-state index in [1.165, 1.54) is 0 Å². The fourth-order valence-corrected chi connectivity index (χ4v) is 1.49. The van der Waals surface area contributed by atoms with E-state index in [1.807, 2.05) is 6.07 Å². The zero-order chi connectivity index (χ0) is 12.3. The summed E-state index contributed by atoms with van der Waals surface area (Å²) in [5.41, 5.74) is 9.46. The fraction of sp³-hybridized carbons (Fsp3) is 0. The van der Waals surface area contributed by atoms with E-state index in [-0.39, 0.29) is 0 Å². The Morgan fingerprint density at radius 1 is 1.18 bits per heavy atom. The molecule has 2 rings (SSSR count). The Labute approximate surface area is 97.7 Å². The predicted octanol–water partition coefficient (Wildman–Crippen LogP) is 0.528. The number of carbonyl (C=O) groups excluding carboxylic acids is 1. The van der Waals surface area contributed by atoms with Gasteiger partial charge in [0, 0.05) is 23.5 Å². The first-order valence-corrected chi connectivity index (χ1v) is 4.90. The molecule has 0 bridgehead atoms. The lowest BCUT2D eigenvalue weighted by atomic mass is 10.0. The monoisotopic (exact) mass is 229 g/mol. The molecule has 1 amide bonds. The molecule has 1 heterocycles. The van der Waals surface area contributed by atoms with Crippen LogP contribution in [0.15, 0.2) is 36.7 Å². The molecule has 0 atom stereocenters. The molecular weight excluding hydrogens is 218 g/mol. The zero-order valence-electron chi connectivity index (χ0n) is 8.92. The molecule has 1 aromatic heterocycles. The summed E-state index contributed by atoms with van der Waals surface area (Å²) < 4.78 is 0. The van der Waals surface area contributed by atoms with Crippen molar-refractivity contribution in [1.82, 2.24) is 9.97 Å². The second-order valence-electron chi connectivity index (χ2n) is 3.35. The quantitative estimate of drug-likeness (QED) is 0.525. The van der Waals surface area contributed by atoms with Gasteiger partial charge in [0.25, 0.3) is 0 Å². The molecule has 1 aromatic carbocycles. The van der Waals surface area contributed by atoms with Gasteiger partial charge in [0.15, 0.2) is 0 Å². The minimum atomic E-state index is -0.485. The summed E-state index contributed by atoms with van der Waals surface area (Å²) >= 11 is 0. The number of benzene rings is 1. The van der Waals surface area contributed by atoms with Gasteiger partial charge in [-0.1, -0.05) is 18.2 Å². The van der Waals surface area contributed by atoms with Gasteiger partial charge in [-0.2, -0.15) is 0 Å². The van der Waals surface area contributed by atoms with E-state index in [2.05, 4.69) is 15.4 Å². The van der Waals surface area contributed by atoms with Crippen LogP contribution in [0.3, 0.4) is 0 Å². The molecule has 86 valence electrons. The normalized spacial score (nSPS) is 9.94. The average Bonchev–Trinajstić information content (AvgIpc) is 2.39. The van der Waals surface area contributed by atoms with Crippen LogP contribution in [0.1, 0.15) is 10.4 Å². The van der Waals surface area contributed by atoms with Gasteiger partial charge in [0.05, 0.1) is 0 Å². The largest absolute Gasteiger partial charge is 0.366 e. The molecule has 6 heteroatoms. The fourth-order valence-electron chi connectivity index (χ4n) is 1.49. The Morgan fingerprint density at radius 3 is 2.41 bits per heavy atom. The zero-order valence-corrected chi connectivity index (χ0v) is 8.92. The molecule has 0 fully saturated rings. The smallest absolute Gasteiger partial charge is 0.249 e. The first-order chi connectivity index (χ1) is 8.22. The summed E-state index contributed by atoms with van der Waals surface area (Å²) in [6, 6.07) is 7.01. The van der Waals surface area contributed by atoms with E-state index in [0.717, 1.165) is 0 Å². The Balaban J connectivity index is 2.48. The number of aromatic nitrogens is 2. The van der Waals surface area contributed by atoms with Gasteiger partial charge in [-0.25, -0.2) is 15.8 Å². The van der Waals surface area contributed by atoms with Crippen LogP contribution in [0.4, 0.5) is 5.95 Å². The van der Waals surface area contributed by atoms with Crippen LogP contribution in [0.2, 0.25) is 0 Å². The maximum absolute atomic E-state index is 11.3. The molecule has 0 saturated carbocycles. The minimum Gasteiger partial charge on any atom is -0.366 e. The molecule has 0 aliphatic heterocycles. The highest BCUT2D eigenvalue weighted by Gasteiger charge is 2.09. The number of nitrogens with one attached hydrogen (secondary N) is 1. The van der Waals surface area contributed by atoms with Crippen LogP contribution in [-0.4, -0.2) is 15.9 Å². The Morgan fingerprint density at radius 2 is 1.82 bits per heavy atom. The van der Waals surface area contributed by atoms with Crippen LogP contribution < -0.4 is 17.0 Å². The van der Waals surface area contributed by atoms with Crippen molar-refractivity contribution in [2.75, 3.05) is 5.43 Å². The number of amides is 1. The number of hydrazine groups is 1. The second-order valence-corrected chi connectivity index (χ2v) is 3.35.